The molecule has 3 aromatic heterocycles. The van der Waals surface area contributed by atoms with Gasteiger partial charge >= 0.3 is 0 Å². The molecule has 0 saturated heterocycles. The van der Waals surface area contributed by atoms with Gasteiger partial charge in [0, 0.05) is 30.4 Å². The molecule has 0 fully saturated rings. The Morgan fingerprint density at radius 1 is 1.04 bits per heavy atom. The number of nitrogens with zero attached hydrogens (tertiary/aromatic N) is 5. The number of fused-ring (bicyclic) bond motifs is 1. The van der Waals surface area contributed by atoms with Crippen molar-refractivity contribution in [3.8, 4) is 22.6 Å². The van der Waals surface area contributed by atoms with Gasteiger partial charge in [0.05, 0.1) is 17.1 Å². The predicted octanol–water partition coefficient (Wildman–Crippen LogP) is 3.05. The Hall–Kier alpha value is -2.91. The maximum atomic E-state index is 13.3. The number of imidazole rings is 1. The van der Waals surface area contributed by atoms with Crippen molar-refractivity contribution in [1.82, 2.24) is 24.3 Å². The zero-order valence-corrected chi connectivity index (χ0v) is 15.4. The fraction of sp³-hybridized carbons (Fsp3) is 0.0588. The average molecular weight is 404 g/mol. The summed E-state index contributed by atoms with van der Waals surface area (Å²) in [4.78, 5) is 16.5. The van der Waals surface area contributed by atoms with E-state index in [1.54, 1.807) is 28.8 Å². The molecule has 136 valence electrons. The molecule has 0 atom stereocenters. The van der Waals surface area contributed by atoms with E-state index in [0.717, 1.165) is 6.26 Å². The lowest BCUT2D eigenvalue weighted by Crippen LogP contribution is -2.05. The lowest BCUT2D eigenvalue weighted by molar-refractivity contribution is 0.593. The van der Waals surface area contributed by atoms with Crippen LogP contribution in [0, 0.1) is 5.82 Å². The molecular formula is C17H11ClFN5O2S. The van der Waals surface area contributed by atoms with Crippen molar-refractivity contribution in [2.45, 2.75) is 5.16 Å². The third-order valence-electron chi connectivity index (χ3n) is 3.82. The molecule has 3 heterocycles. The lowest BCUT2D eigenvalue weighted by atomic mass is 10.1. The summed E-state index contributed by atoms with van der Waals surface area (Å²) >= 11 is 6.16. The number of hydrogen-bond acceptors (Lipinski definition) is 6. The quantitative estimate of drug-likeness (QED) is 0.488. The van der Waals surface area contributed by atoms with Crippen LogP contribution in [0.2, 0.25) is 5.15 Å². The molecule has 0 spiro atoms. The molecule has 0 saturated carbocycles. The topological polar surface area (TPSA) is 90.1 Å². The van der Waals surface area contributed by atoms with Crippen molar-refractivity contribution >= 4 is 27.1 Å². The van der Waals surface area contributed by atoms with Crippen LogP contribution in [0.4, 0.5) is 4.39 Å². The Bertz CT molecular complexity index is 1270. The van der Waals surface area contributed by atoms with Gasteiger partial charge < -0.3 is 0 Å². The number of benzene rings is 1. The van der Waals surface area contributed by atoms with E-state index in [4.69, 9.17) is 11.6 Å². The summed E-state index contributed by atoms with van der Waals surface area (Å²) in [6.45, 7) is 0. The molecule has 0 amide bonds. The first-order valence-electron chi connectivity index (χ1n) is 7.66. The van der Waals surface area contributed by atoms with Gasteiger partial charge in [-0.05, 0) is 30.3 Å². The molecule has 0 aliphatic rings. The Morgan fingerprint density at radius 2 is 1.78 bits per heavy atom. The van der Waals surface area contributed by atoms with Gasteiger partial charge in [-0.3, -0.25) is 4.40 Å². The second-order valence-corrected chi connectivity index (χ2v) is 7.99. The van der Waals surface area contributed by atoms with E-state index in [1.807, 2.05) is 0 Å². The standard InChI is InChI=1S/C17H11ClFN5O2S/c1-27(25,26)17-21-7-6-12(22-17)14-13(10-2-4-11(19)5-3-10)23-16-15(18)20-8-9-24(14)16/h2-9H,1H3. The average Bonchev–Trinajstić information content (AvgIpc) is 3.03. The minimum absolute atomic E-state index is 0.171. The highest BCUT2D eigenvalue weighted by Crippen LogP contribution is 2.33. The molecule has 0 aliphatic carbocycles. The summed E-state index contributed by atoms with van der Waals surface area (Å²) in [6, 6.07) is 7.33. The first-order chi connectivity index (χ1) is 12.8. The summed E-state index contributed by atoms with van der Waals surface area (Å²) < 4.78 is 38.7. The second kappa shape index (κ2) is 6.36. The number of aromatic nitrogens is 5. The van der Waals surface area contributed by atoms with Gasteiger partial charge in [-0.15, -0.1) is 0 Å². The number of rotatable bonds is 3. The van der Waals surface area contributed by atoms with Gasteiger partial charge in [-0.1, -0.05) is 11.6 Å². The predicted molar refractivity (Wildman–Crippen MR) is 97.5 cm³/mol. The highest BCUT2D eigenvalue weighted by atomic mass is 35.5. The number of sulfone groups is 1. The molecule has 0 N–H and O–H groups in total. The minimum atomic E-state index is -3.60. The van der Waals surface area contributed by atoms with Gasteiger partial charge in [-0.25, -0.2) is 32.7 Å². The summed E-state index contributed by atoms with van der Waals surface area (Å²) in [5.74, 6) is -0.384. The summed E-state index contributed by atoms with van der Waals surface area (Å²) in [5, 5.41) is -0.135. The molecule has 0 aliphatic heterocycles. The largest absolute Gasteiger partial charge is 0.293 e. The van der Waals surface area contributed by atoms with E-state index in [9.17, 15) is 12.8 Å². The SMILES string of the molecule is CS(=O)(=O)c1nccc(-c2c(-c3ccc(F)cc3)nc3c(Cl)nccn23)n1. The van der Waals surface area contributed by atoms with E-state index in [-0.39, 0.29) is 16.1 Å². The zero-order valence-electron chi connectivity index (χ0n) is 13.8. The van der Waals surface area contributed by atoms with E-state index < -0.39 is 9.84 Å². The van der Waals surface area contributed by atoms with Crippen LogP contribution in [0.15, 0.2) is 54.1 Å². The smallest absolute Gasteiger partial charge is 0.247 e. The van der Waals surface area contributed by atoms with E-state index in [2.05, 4.69) is 19.9 Å². The van der Waals surface area contributed by atoms with Gasteiger partial charge in [0.15, 0.2) is 10.8 Å². The molecule has 4 rings (SSSR count). The van der Waals surface area contributed by atoms with Crippen LogP contribution in [0.25, 0.3) is 28.3 Å². The lowest BCUT2D eigenvalue weighted by Gasteiger charge is -2.06. The molecule has 4 aromatic rings. The Morgan fingerprint density at radius 3 is 2.48 bits per heavy atom. The summed E-state index contributed by atoms with van der Waals surface area (Å²) in [5.41, 5.74) is 2.27. The molecule has 0 bridgehead atoms. The van der Waals surface area contributed by atoms with Crippen LogP contribution in [-0.4, -0.2) is 39.0 Å². The van der Waals surface area contributed by atoms with Crippen molar-refractivity contribution in [1.29, 1.82) is 0 Å². The Kier molecular flexibility index (Phi) is 4.12. The molecule has 7 nitrogen and oxygen atoms in total. The van der Waals surface area contributed by atoms with Crippen LogP contribution in [-0.2, 0) is 9.84 Å². The second-order valence-electron chi connectivity index (χ2n) is 5.72. The van der Waals surface area contributed by atoms with Gasteiger partial charge in [0.2, 0.25) is 15.0 Å². The van der Waals surface area contributed by atoms with Crippen LogP contribution < -0.4 is 0 Å². The summed E-state index contributed by atoms with van der Waals surface area (Å²) in [6.07, 6.45) is 5.52. The zero-order chi connectivity index (χ0) is 19.2. The monoisotopic (exact) mass is 403 g/mol. The molecular weight excluding hydrogens is 393 g/mol. The van der Waals surface area contributed by atoms with Crippen LogP contribution in [0.3, 0.4) is 0 Å². The van der Waals surface area contributed by atoms with Crippen molar-refractivity contribution < 1.29 is 12.8 Å². The van der Waals surface area contributed by atoms with Crippen molar-refractivity contribution in [3.05, 3.63) is 59.9 Å². The minimum Gasteiger partial charge on any atom is -0.293 e. The van der Waals surface area contributed by atoms with E-state index in [0.29, 0.717) is 28.3 Å². The Labute approximate surface area is 158 Å². The molecule has 10 heteroatoms. The molecule has 1 aromatic carbocycles. The van der Waals surface area contributed by atoms with Crippen molar-refractivity contribution in [2.24, 2.45) is 0 Å². The maximum absolute atomic E-state index is 13.3. The Balaban J connectivity index is 2.06. The fourth-order valence-corrected chi connectivity index (χ4v) is 3.36. The van der Waals surface area contributed by atoms with Crippen molar-refractivity contribution in [2.75, 3.05) is 6.26 Å². The first kappa shape index (κ1) is 17.5. The highest BCUT2D eigenvalue weighted by Gasteiger charge is 2.21. The normalized spacial score (nSPS) is 11.8. The number of halogens is 2. The maximum Gasteiger partial charge on any atom is 0.247 e. The first-order valence-corrected chi connectivity index (χ1v) is 9.93. The molecule has 0 unspecified atom stereocenters. The van der Waals surface area contributed by atoms with E-state index in [1.165, 1.54) is 24.5 Å². The third kappa shape index (κ3) is 3.15. The highest BCUT2D eigenvalue weighted by molar-refractivity contribution is 7.90. The fourth-order valence-electron chi connectivity index (χ4n) is 2.65. The molecule has 0 radical (unpaired) electrons. The van der Waals surface area contributed by atoms with Crippen LogP contribution in [0.1, 0.15) is 0 Å². The van der Waals surface area contributed by atoms with Crippen LogP contribution >= 0.6 is 11.6 Å². The summed E-state index contributed by atoms with van der Waals surface area (Å²) in [7, 11) is -3.60. The van der Waals surface area contributed by atoms with Crippen LogP contribution in [0.5, 0.6) is 0 Å². The van der Waals surface area contributed by atoms with Gasteiger partial charge in [-0.2, -0.15) is 0 Å². The van der Waals surface area contributed by atoms with Crippen molar-refractivity contribution in [3.63, 3.8) is 0 Å². The van der Waals surface area contributed by atoms with Gasteiger partial charge in [0.25, 0.3) is 0 Å². The van der Waals surface area contributed by atoms with E-state index >= 15 is 0 Å². The molecule has 27 heavy (non-hydrogen) atoms. The number of hydrogen-bond donors (Lipinski definition) is 0. The third-order valence-corrected chi connectivity index (χ3v) is 4.95. The van der Waals surface area contributed by atoms with Gasteiger partial charge in [0.1, 0.15) is 5.82 Å².